The molecule has 0 aliphatic carbocycles. The summed E-state index contributed by atoms with van der Waals surface area (Å²) in [7, 11) is 1.48. The Balaban J connectivity index is 5.32. The molecule has 0 heterocycles. The average Bonchev–Trinajstić information content (AvgIpc) is 2.21. The first-order valence-corrected chi connectivity index (χ1v) is 4.68. The molecule has 0 aliphatic rings. The van der Waals surface area contributed by atoms with Crippen molar-refractivity contribution in [3.05, 3.63) is 0 Å². The molecule has 96 valence electrons. The van der Waals surface area contributed by atoms with Crippen LogP contribution < -0.4 is 10.6 Å². The van der Waals surface area contributed by atoms with Crippen molar-refractivity contribution in [2.75, 3.05) is 13.7 Å². The van der Waals surface area contributed by atoms with Crippen LogP contribution >= 0.6 is 0 Å². The summed E-state index contributed by atoms with van der Waals surface area (Å²) in [5, 5.41) is 22.4. The van der Waals surface area contributed by atoms with Crippen molar-refractivity contribution in [3.8, 4) is 0 Å². The molecule has 0 atom stereocenters. The molecule has 8 heteroatoms. The number of carbonyl (C=O) groups excluding carboxylic acids is 2. The summed E-state index contributed by atoms with van der Waals surface area (Å²) in [5.41, 5.74) is -2.78. The monoisotopic (exact) mass is 246 g/mol. The van der Waals surface area contributed by atoms with E-state index >= 15 is 0 Å². The van der Waals surface area contributed by atoms with Gasteiger partial charge in [0.15, 0.2) is 0 Å². The molecule has 0 radical (unpaired) electrons. The maximum absolute atomic E-state index is 11.6. The van der Waals surface area contributed by atoms with Gasteiger partial charge in [0, 0.05) is 6.42 Å². The molecule has 0 saturated heterocycles. The number of hydrogen-bond donors (Lipinski definition) is 4. The first-order valence-electron chi connectivity index (χ1n) is 4.68. The number of rotatable bonds is 7. The fraction of sp³-hybridized carbons (Fsp3) is 0.556. The predicted octanol–water partition coefficient (Wildman–Crippen LogP) is -1.59. The van der Waals surface area contributed by atoms with Crippen molar-refractivity contribution in [3.63, 3.8) is 0 Å². The Morgan fingerprint density at radius 2 is 1.59 bits per heavy atom. The van der Waals surface area contributed by atoms with E-state index in [0.717, 1.165) is 6.92 Å². The molecule has 0 aromatic carbocycles. The van der Waals surface area contributed by atoms with Crippen LogP contribution in [0, 0.1) is 5.41 Å². The van der Waals surface area contributed by atoms with Gasteiger partial charge in [-0.3, -0.25) is 19.2 Å². The van der Waals surface area contributed by atoms with Gasteiger partial charge in [0.05, 0.1) is 6.67 Å². The molecule has 0 unspecified atom stereocenters. The third kappa shape index (κ3) is 3.25. The lowest BCUT2D eigenvalue weighted by molar-refractivity contribution is -0.171. The molecule has 0 aliphatic heterocycles. The highest BCUT2D eigenvalue weighted by atomic mass is 16.4. The van der Waals surface area contributed by atoms with Gasteiger partial charge in [-0.2, -0.15) is 0 Å². The van der Waals surface area contributed by atoms with Gasteiger partial charge >= 0.3 is 11.9 Å². The lowest BCUT2D eigenvalue weighted by atomic mass is 9.82. The molecule has 0 aromatic rings. The number of amides is 1. The fourth-order valence-electron chi connectivity index (χ4n) is 1.21. The number of carbonyl (C=O) groups is 4. The molecule has 0 spiro atoms. The van der Waals surface area contributed by atoms with Gasteiger partial charge in [0.2, 0.25) is 5.41 Å². The Morgan fingerprint density at radius 3 is 1.88 bits per heavy atom. The molecule has 8 nitrogen and oxygen atoms in total. The Hall–Kier alpha value is -1.96. The van der Waals surface area contributed by atoms with Gasteiger partial charge in [0.25, 0.3) is 5.91 Å². The third-order valence-corrected chi connectivity index (χ3v) is 2.06. The quantitative estimate of drug-likeness (QED) is 0.314. The summed E-state index contributed by atoms with van der Waals surface area (Å²) in [6.07, 6.45) is -0.896. The molecule has 0 bridgehead atoms. The number of nitrogens with one attached hydrogen (secondary N) is 2. The largest absolute Gasteiger partial charge is 0.480 e. The molecular weight excluding hydrogens is 232 g/mol. The highest BCUT2D eigenvalue weighted by Gasteiger charge is 2.54. The molecule has 0 saturated carbocycles. The second kappa shape index (κ2) is 5.94. The lowest BCUT2D eigenvalue weighted by Gasteiger charge is -2.22. The van der Waals surface area contributed by atoms with E-state index in [9.17, 15) is 19.2 Å². The number of aliphatic carboxylic acids is 2. The highest BCUT2D eigenvalue weighted by molar-refractivity contribution is 6.20. The van der Waals surface area contributed by atoms with E-state index in [0.29, 0.717) is 0 Å². The second-order valence-electron chi connectivity index (χ2n) is 3.43. The van der Waals surface area contributed by atoms with E-state index in [2.05, 4.69) is 10.6 Å². The number of ketones is 1. The van der Waals surface area contributed by atoms with E-state index in [-0.39, 0.29) is 6.67 Å². The van der Waals surface area contributed by atoms with Gasteiger partial charge in [0.1, 0.15) is 5.78 Å². The van der Waals surface area contributed by atoms with E-state index in [4.69, 9.17) is 10.2 Å². The van der Waals surface area contributed by atoms with Crippen molar-refractivity contribution >= 4 is 23.6 Å². The van der Waals surface area contributed by atoms with Crippen molar-refractivity contribution in [1.82, 2.24) is 10.6 Å². The molecular formula is C9H14N2O6. The zero-order chi connectivity index (χ0) is 13.6. The summed E-state index contributed by atoms with van der Waals surface area (Å²) in [4.78, 5) is 44.5. The number of carboxylic acids is 2. The second-order valence-corrected chi connectivity index (χ2v) is 3.43. The minimum absolute atomic E-state index is 0.0982. The molecule has 0 aromatic heterocycles. The lowest BCUT2D eigenvalue weighted by Crippen LogP contribution is -2.54. The normalized spacial score (nSPS) is 10.7. The van der Waals surface area contributed by atoms with Crippen LogP contribution in [0.5, 0.6) is 0 Å². The zero-order valence-corrected chi connectivity index (χ0v) is 9.44. The summed E-state index contributed by atoms with van der Waals surface area (Å²) < 4.78 is 0. The standard InChI is InChI=1S/C9H14N2O6/c1-5(12)3-9(7(14)15,8(16)17)6(13)11-4-10-2/h10H,3-4H2,1-2H3,(H,11,13)(H,14,15)(H,16,17). The van der Waals surface area contributed by atoms with Crippen LogP contribution in [0.2, 0.25) is 0 Å². The Labute approximate surface area is 97.0 Å². The number of hydrogen-bond acceptors (Lipinski definition) is 5. The predicted molar refractivity (Wildman–Crippen MR) is 55.1 cm³/mol. The Morgan fingerprint density at radius 1 is 1.12 bits per heavy atom. The van der Waals surface area contributed by atoms with Crippen molar-refractivity contribution in [1.29, 1.82) is 0 Å². The maximum Gasteiger partial charge on any atom is 0.331 e. The number of carboxylic acid groups (broad SMARTS) is 2. The topological polar surface area (TPSA) is 133 Å². The van der Waals surface area contributed by atoms with Crippen molar-refractivity contribution in [2.24, 2.45) is 5.41 Å². The SMILES string of the molecule is CNCNC(=O)C(CC(C)=O)(C(=O)O)C(=O)O. The number of Topliss-reactive ketones (excluding diaryl/α,β-unsaturated/α-hetero) is 1. The van der Waals surface area contributed by atoms with Crippen LogP contribution in [0.25, 0.3) is 0 Å². The Kier molecular flexibility index (Phi) is 5.26. The van der Waals surface area contributed by atoms with Gasteiger partial charge in [-0.1, -0.05) is 0 Å². The van der Waals surface area contributed by atoms with Crippen LogP contribution in [0.15, 0.2) is 0 Å². The maximum atomic E-state index is 11.6. The van der Waals surface area contributed by atoms with Gasteiger partial charge < -0.3 is 20.8 Å². The zero-order valence-electron chi connectivity index (χ0n) is 9.44. The average molecular weight is 246 g/mol. The summed E-state index contributed by atoms with van der Waals surface area (Å²) in [6.45, 7) is 0.922. The van der Waals surface area contributed by atoms with E-state index in [1.807, 2.05) is 0 Å². The van der Waals surface area contributed by atoms with Crippen LogP contribution in [-0.4, -0.2) is 47.6 Å². The van der Waals surface area contributed by atoms with Crippen molar-refractivity contribution in [2.45, 2.75) is 13.3 Å². The van der Waals surface area contributed by atoms with Gasteiger partial charge in [-0.25, -0.2) is 0 Å². The van der Waals surface area contributed by atoms with Crippen LogP contribution in [-0.2, 0) is 19.2 Å². The van der Waals surface area contributed by atoms with E-state index in [1.54, 1.807) is 0 Å². The first-order chi connectivity index (χ1) is 7.78. The first kappa shape index (κ1) is 15.0. The summed E-state index contributed by atoms with van der Waals surface area (Å²) in [5.74, 6) is -5.67. The minimum atomic E-state index is -2.78. The highest BCUT2D eigenvalue weighted by Crippen LogP contribution is 2.24. The molecule has 1 amide bonds. The summed E-state index contributed by atoms with van der Waals surface area (Å²) >= 11 is 0. The van der Waals surface area contributed by atoms with Crippen LogP contribution in [0.1, 0.15) is 13.3 Å². The molecule has 4 N–H and O–H groups in total. The van der Waals surface area contributed by atoms with Crippen LogP contribution in [0.4, 0.5) is 0 Å². The fourth-order valence-corrected chi connectivity index (χ4v) is 1.21. The molecule has 0 fully saturated rings. The Bertz CT molecular complexity index is 337. The van der Waals surface area contributed by atoms with E-state index < -0.39 is 35.5 Å². The molecule has 0 rings (SSSR count). The smallest absolute Gasteiger partial charge is 0.331 e. The van der Waals surface area contributed by atoms with Gasteiger partial charge in [-0.15, -0.1) is 0 Å². The summed E-state index contributed by atoms with van der Waals surface area (Å²) in [6, 6.07) is 0. The third-order valence-electron chi connectivity index (χ3n) is 2.06. The van der Waals surface area contributed by atoms with Gasteiger partial charge in [-0.05, 0) is 14.0 Å². The van der Waals surface area contributed by atoms with E-state index in [1.165, 1.54) is 7.05 Å². The molecule has 17 heavy (non-hydrogen) atoms. The van der Waals surface area contributed by atoms with Crippen LogP contribution in [0.3, 0.4) is 0 Å². The van der Waals surface area contributed by atoms with Crippen molar-refractivity contribution < 1.29 is 29.4 Å². The minimum Gasteiger partial charge on any atom is -0.480 e.